The molecule has 3 N–H and O–H groups in total. The molecule has 0 bridgehead atoms. The molecule has 2 amide bonds. The maximum absolute atomic E-state index is 11.9. The van der Waals surface area contributed by atoms with Gasteiger partial charge in [-0.25, -0.2) is 4.98 Å². The smallest absolute Gasteiger partial charge is 0.323 e. The predicted molar refractivity (Wildman–Crippen MR) is 64.7 cm³/mol. The van der Waals surface area contributed by atoms with Gasteiger partial charge in [0, 0.05) is 0 Å². The van der Waals surface area contributed by atoms with E-state index < -0.39 is 30.9 Å². The molecule has 96 valence electrons. The third-order valence-electron chi connectivity index (χ3n) is 1.89. The number of nitrogens with two attached hydrogens (primary N) is 1. The topological polar surface area (TPSA) is 114 Å². The summed E-state index contributed by atoms with van der Waals surface area (Å²) in [5, 5.41) is 8.67. The van der Waals surface area contributed by atoms with Crippen LogP contribution in [-0.4, -0.2) is 45.9 Å². The molecule has 0 fully saturated rings. The molecule has 0 saturated carbocycles. The van der Waals surface area contributed by atoms with Gasteiger partial charge in [0.05, 0.1) is 0 Å². The average Bonchev–Trinajstić information content (AvgIpc) is 2.26. The molecule has 1 rings (SSSR count). The van der Waals surface area contributed by atoms with Gasteiger partial charge >= 0.3 is 5.97 Å². The SMILES string of the molecule is NC(=O)CN(CC(=O)O)C(=O)c1cccc(Br)n1. The lowest BCUT2D eigenvalue weighted by atomic mass is 10.3. The molecule has 7 nitrogen and oxygen atoms in total. The number of amides is 2. The molecule has 1 aromatic heterocycles. The summed E-state index contributed by atoms with van der Waals surface area (Å²) in [6.07, 6.45) is 0. The molecule has 8 heteroatoms. The number of aromatic nitrogens is 1. The zero-order chi connectivity index (χ0) is 13.7. The van der Waals surface area contributed by atoms with E-state index in [0.29, 0.717) is 4.60 Å². The van der Waals surface area contributed by atoms with Crippen LogP contribution in [0.3, 0.4) is 0 Å². The van der Waals surface area contributed by atoms with Crippen LogP contribution in [-0.2, 0) is 9.59 Å². The van der Waals surface area contributed by atoms with Crippen LogP contribution in [0.5, 0.6) is 0 Å². The van der Waals surface area contributed by atoms with Crippen LogP contribution in [0.25, 0.3) is 0 Å². The third kappa shape index (κ3) is 4.13. The molecule has 0 atom stereocenters. The quantitative estimate of drug-likeness (QED) is 0.734. The van der Waals surface area contributed by atoms with Gasteiger partial charge in [-0.15, -0.1) is 0 Å². The van der Waals surface area contributed by atoms with E-state index in [1.807, 2.05) is 0 Å². The van der Waals surface area contributed by atoms with Crippen LogP contribution in [0, 0.1) is 0 Å². The molecule has 0 aliphatic rings. The number of primary amides is 1. The predicted octanol–water partition coefficient (Wildman–Crippen LogP) is -0.144. The van der Waals surface area contributed by atoms with E-state index in [1.165, 1.54) is 6.07 Å². The van der Waals surface area contributed by atoms with E-state index >= 15 is 0 Å². The summed E-state index contributed by atoms with van der Waals surface area (Å²) in [6.45, 7) is -1.09. The van der Waals surface area contributed by atoms with Crippen molar-refractivity contribution >= 4 is 33.7 Å². The zero-order valence-electron chi connectivity index (χ0n) is 9.17. The first-order chi connectivity index (χ1) is 8.40. The molecule has 0 aliphatic carbocycles. The number of aliphatic carboxylic acids is 1. The Kier molecular flexibility index (Phi) is 4.78. The van der Waals surface area contributed by atoms with Crippen molar-refractivity contribution in [2.24, 2.45) is 5.73 Å². The van der Waals surface area contributed by atoms with Crippen molar-refractivity contribution in [3.8, 4) is 0 Å². The van der Waals surface area contributed by atoms with Gasteiger partial charge in [0.2, 0.25) is 5.91 Å². The number of hydrogen-bond donors (Lipinski definition) is 2. The molecule has 0 aliphatic heterocycles. The van der Waals surface area contributed by atoms with Crippen LogP contribution in [0.4, 0.5) is 0 Å². The van der Waals surface area contributed by atoms with E-state index in [9.17, 15) is 14.4 Å². The van der Waals surface area contributed by atoms with Gasteiger partial charge in [0.15, 0.2) is 0 Å². The van der Waals surface area contributed by atoms with Gasteiger partial charge in [0.1, 0.15) is 23.4 Å². The fourth-order valence-corrected chi connectivity index (χ4v) is 1.58. The molecule has 0 radical (unpaired) electrons. The van der Waals surface area contributed by atoms with Crippen LogP contribution in [0.2, 0.25) is 0 Å². The number of carbonyl (C=O) groups is 3. The van der Waals surface area contributed by atoms with Crippen LogP contribution >= 0.6 is 15.9 Å². The lowest BCUT2D eigenvalue weighted by molar-refractivity contribution is -0.138. The molecule has 0 spiro atoms. The van der Waals surface area contributed by atoms with E-state index in [-0.39, 0.29) is 5.69 Å². The average molecular weight is 316 g/mol. The second-order valence-corrected chi connectivity index (χ2v) is 4.18. The van der Waals surface area contributed by atoms with Gasteiger partial charge in [-0.05, 0) is 28.1 Å². The number of carbonyl (C=O) groups excluding carboxylic acids is 2. The van der Waals surface area contributed by atoms with E-state index in [1.54, 1.807) is 12.1 Å². The Bertz CT molecular complexity index is 476. The summed E-state index contributed by atoms with van der Waals surface area (Å²) in [4.78, 5) is 38.1. The maximum atomic E-state index is 11.9. The van der Waals surface area contributed by atoms with Crippen molar-refractivity contribution in [1.82, 2.24) is 9.88 Å². The minimum atomic E-state index is -1.24. The molecular weight excluding hydrogens is 306 g/mol. The van der Waals surface area contributed by atoms with Gasteiger partial charge in [-0.3, -0.25) is 14.4 Å². The van der Waals surface area contributed by atoms with Crippen molar-refractivity contribution in [2.45, 2.75) is 0 Å². The molecule has 18 heavy (non-hydrogen) atoms. The van der Waals surface area contributed by atoms with Crippen molar-refractivity contribution in [3.63, 3.8) is 0 Å². The van der Waals surface area contributed by atoms with Gasteiger partial charge in [-0.1, -0.05) is 6.07 Å². The van der Waals surface area contributed by atoms with Gasteiger partial charge in [0.25, 0.3) is 5.91 Å². The van der Waals surface area contributed by atoms with Crippen LogP contribution in [0.1, 0.15) is 10.5 Å². The van der Waals surface area contributed by atoms with Crippen molar-refractivity contribution in [2.75, 3.05) is 13.1 Å². The number of pyridine rings is 1. The maximum Gasteiger partial charge on any atom is 0.323 e. The molecule has 0 saturated heterocycles. The monoisotopic (exact) mass is 315 g/mol. The summed E-state index contributed by atoms with van der Waals surface area (Å²) in [7, 11) is 0. The number of halogens is 1. The van der Waals surface area contributed by atoms with Crippen molar-refractivity contribution in [1.29, 1.82) is 0 Å². The number of hydrogen-bond acceptors (Lipinski definition) is 4. The Labute approximate surface area is 111 Å². The van der Waals surface area contributed by atoms with E-state index in [2.05, 4.69) is 20.9 Å². The largest absolute Gasteiger partial charge is 0.480 e. The Balaban J connectivity index is 2.94. The highest BCUT2D eigenvalue weighted by molar-refractivity contribution is 9.10. The lowest BCUT2D eigenvalue weighted by Crippen LogP contribution is -2.41. The van der Waals surface area contributed by atoms with E-state index in [4.69, 9.17) is 10.8 Å². The minimum Gasteiger partial charge on any atom is -0.480 e. The Morgan fingerprint density at radius 3 is 2.50 bits per heavy atom. The summed E-state index contributed by atoms with van der Waals surface area (Å²) >= 11 is 3.09. The number of rotatable bonds is 5. The standard InChI is InChI=1S/C10H10BrN3O4/c11-7-3-1-2-6(13-7)10(18)14(4-8(12)15)5-9(16)17/h1-3H,4-5H2,(H2,12,15)(H,16,17). The number of carboxylic acid groups (broad SMARTS) is 1. The zero-order valence-corrected chi connectivity index (χ0v) is 10.8. The highest BCUT2D eigenvalue weighted by Gasteiger charge is 2.21. The summed E-state index contributed by atoms with van der Waals surface area (Å²) in [5.41, 5.74) is 4.99. The Morgan fingerprint density at radius 2 is 2.00 bits per heavy atom. The fourth-order valence-electron chi connectivity index (χ4n) is 1.24. The van der Waals surface area contributed by atoms with Crippen LogP contribution < -0.4 is 5.73 Å². The second-order valence-electron chi connectivity index (χ2n) is 3.37. The fraction of sp³-hybridized carbons (Fsp3) is 0.200. The molecule has 1 aromatic rings. The number of carboxylic acids is 1. The lowest BCUT2D eigenvalue weighted by Gasteiger charge is -2.18. The Morgan fingerprint density at radius 1 is 1.33 bits per heavy atom. The van der Waals surface area contributed by atoms with Crippen LogP contribution in [0.15, 0.2) is 22.8 Å². The third-order valence-corrected chi connectivity index (χ3v) is 2.34. The summed E-state index contributed by atoms with van der Waals surface area (Å²) < 4.78 is 0.433. The number of nitrogens with zero attached hydrogens (tertiary/aromatic N) is 2. The minimum absolute atomic E-state index is 0.0341. The molecular formula is C10H10BrN3O4. The first-order valence-corrected chi connectivity index (χ1v) is 5.61. The van der Waals surface area contributed by atoms with Crippen molar-refractivity contribution < 1.29 is 19.5 Å². The summed E-state index contributed by atoms with van der Waals surface area (Å²) in [5.74, 6) is -2.70. The van der Waals surface area contributed by atoms with E-state index in [0.717, 1.165) is 4.90 Å². The molecule has 0 unspecified atom stereocenters. The highest BCUT2D eigenvalue weighted by Crippen LogP contribution is 2.08. The first-order valence-electron chi connectivity index (χ1n) is 4.82. The van der Waals surface area contributed by atoms with Gasteiger partial charge in [-0.2, -0.15) is 0 Å². The molecule has 1 heterocycles. The molecule has 0 aromatic carbocycles. The summed E-state index contributed by atoms with van der Waals surface area (Å²) in [6, 6.07) is 4.61. The Hall–Kier alpha value is -1.96. The highest BCUT2D eigenvalue weighted by atomic mass is 79.9. The second kappa shape index (κ2) is 6.10. The normalized spacial score (nSPS) is 9.83. The van der Waals surface area contributed by atoms with Crippen molar-refractivity contribution in [3.05, 3.63) is 28.5 Å². The van der Waals surface area contributed by atoms with Gasteiger partial charge < -0.3 is 15.7 Å². The first kappa shape index (κ1) is 14.1.